The van der Waals surface area contributed by atoms with Crippen molar-refractivity contribution in [3.63, 3.8) is 0 Å². The number of aliphatic hydroxyl groups excluding tert-OH is 1. The molecule has 1 aromatic carbocycles. The van der Waals surface area contributed by atoms with Crippen molar-refractivity contribution < 1.29 is 5.11 Å². The number of hydrogen-bond donors (Lipinski definition) is 2. The van der Waals surface area contributed by atoms with Crippen molar-refractivity contribution in [3.8, 4) is 0 Å². The van der Waals surface area contributed by atoms with Gasteiger partial charge >= 0.3 is 0 Å². The van der Waals surface area contributed by atoms with E-state index in [2.05, 4.69) is 15.9 Å². The van der Waals surface area contributed by atoms with Gasteiger partial charge in [-0.05, 0) is 31.2 Å². The van der Waals surface area contributed by atoms with Crippen LogP contribution in [0.4, 0.5) is 0 Å². The second-order valence-electron chi connectivity index (χ2n) is 2.76. The Morgan fingerprint density at radius 3 is 2.85 bits per heavy atom. The largest absolute Gasteiger partial charge is 0.388 e. The van der Waals surface area contributed by atoms with Gasteiger partial charge in [0.1, 0.15) is 0 Å². The van der Waals surface area contributed by atoms with Gasteiger partial charge in [0, 0.05) is 15.1 Å². The highest BCUT2D eigenvalue weighted by molar-refractivity contribution is 9.10. The first-order valence-electron chi connectivity index (χ1n) is 3.98. The van der Waals surface area contributed by atoms with Crippen molar-refractivity contribution >= 4 is 27.5 Å². The number of rotatable bonds is 3. The molecule has 4 heteroatoms. The number of hydrogen-bond acceptors (Lipinski definition) is 2. The average Bonchev–Trinajstić information content (AvgIpc) is 2.09. The molecule has 1 aromatic rings. The average molecular weight is 265 g/mol. The van der Waals surface area contributed by atoms with Gasteiger partial charge in [0.15, 0.2) is 0 Å². The van der Waals surface area contributed by atoms with Gasteiger partial charge in [0.25, 0.3) is 0 Å². The number of aliphatic hydroxyl groups is 1. The Hall–Kier alpha value is -0.0900. The third-order valence-electron chi connectivity index (χ3n) is 1.76. The molecule has 1 rings (SSSR count). The lowest BCUT2D eigenvalue weighted by atomic mass is 10.1. The van der Waals surface area contributed by atoms with E-state index in [1.165, 1.54) is 0 Å². The zero-order valence-corrected chi connectivity index (χ0v) is 9.35. The van der Waals surface area contributed by atoms with Crippen molar-refractivity contribution in [2.24, 2.45) is 5.73 Å². The van der Waals surface area contributed by atoms with Crippen LogP contribution in [0.25, 0.3) is 0 Å². The third-order valence-corrected chi connectivity index (χ3v) is 2.59. The van der Waals surface area contributed by atoms with E-state index in [0.717, 1.165) is 10.0 Å². The van der Waals surface area contributed by atoms with Crippen molar-refractivity contribution in [1.82, 2.24) is 0 Å². The lowest BCUT2D eigenvalue weighted by Gasteiger charge is -2.11. The van der Waals surface area contributed by atoms with Gasteiger partial charge in [0.05, 0.1) is 6.10 Å². The SMILES string of the molecule is NCC[C@@H](O)c1cc(Br)ccc1Cl. The van der Waals surface area contributed by atoms with Crippen molar-refractivity contribution in [1.29, 1.82) is 0 Å². The van der Waals surface area contributed by atoms with E-state index in [9.17, 15) is 5.11 Å². The molecule has 0 aliphatic rings. The van der Waals surface area contributed by atoms with Crippen LogP contribution < -0.4 is 5.73 Å². The van der Waals surface area contributed by atoms with Gasteiger partial charge in [-0.2, -0.15) is 0 Å². The monoisotopic (exact) mass is 263 g/mol. The zero-order valence-electron chi connectivity index (χ0n) is 7.00. The van der Waals surface area contributed by atoms with Gasteiger partial charge in [-0.3, -0.25) is 0 Å². The maximum Gasteiger partial charge on any atom is 0.0816 e. The van der Waals surface area contributed by atoms with Gasteiger partial charge < -0.3 is 10.8 Å². The summed E-state index contributed by atoms with van der Waals surface area (Å²) in [6, 6.07) is 5.39. The Morgan fingerprint density at radius 1 is 1.54 bits per heavy atom. The highest BCUT2D eigenvalue weighted by Gasteiger charge is 2.10. The maximum atomic E-state index is 9.64. The van der Waals surface area contributed by atoms with Gasteiger partial charge in [0.2, 0.25) is 0 Å². The molecule has 0 aliphatic carbocycles. The summed E-state index contributed by atoms with van der Waals surface area (Å²) >= 11 is 9.22. The predicted octanol–water partition coefficient (Wildman–Crippen LogP) is 2.48. The van der Waals surface area contributed by atoms with E-state index in [0.29, 0.717) is 18.0 Å². The summed E-state index contributed by atoms with van der Waals surface area (Å²) in [7, 11) is 0. The summed E-state index contributed by atoms with van der Waals surface area (Å²) in [4.78, 5) is 0. The zero-order chi connectivity index (χ0) is 9.84. The van der Waals surface area contributed by atoms with Gasteiger partial charge in [-0.25, -0.2) is 0 Å². The molecular formula is C9H11BrClNO. The molecular weight excluding hydrogens is 253 g/mol. The van der Waals surface area contributed by atoms with Crippen LogP contribution in [0.3, 0.4) is 0 Å². The fourth-order valence-electron chi connectivity index (χ4n) is 1.08. The van der Waals surface area contributed by atoms with Crippen LogP contribution in [0.1, 0.15) is 18.1 Å². The van der Waals surface area contributed by atoms with Crippen molar-refractivity contribution in [2.75, 3.05) is 6.54 Å². The Bertz CT molecular complexity index is 293. The van der Waals surface area contributed by atoms with Crippen LogP contribution in [0.15, 0.2) is 22.7 Å². The smallest absolute Gasteiger partial charge is 0.0816 e. The normalized spacial score (nSPS) is 12.9. The van der Waals surface area contributed by atoms with Crippen LogP contribution in [-0.4, -0.2) is 11.7 Å². The number of halogens is 2. The number of nitrogens with two attached hydrogens (primary N) is 1. The third kappa shape index (κ3) is 2.95. The van der Waals surface area contributed by atoms with E-state index in [1.54, 1.807) is 6.07 Å². The standard InChI is InChI=1S/C9H11BrClNO/c10-6-1-2-8(11)7(5-6)9(13)3-4-12/h1-2,5,9,13H,3-4,12H2/t9-/m1/s1. The van der Waals surface area contributed by atoms with Crippen LogP contribution in [-0.2, 0) is 0 Å². The highest BCUT2D eigenvalue weighted by atomic mass is 79.9. The summed E-state index contributed by atoms with van der Waals surface area (Å²) in [5.74, 6) is 0. The molecule has 0 aliphatic heterocycles. The Kier molecular flexibility index (Phi) is 4.19. The van der Waals surface area contributed by atoms with Crippen LogP contribution in [0.5, 0.6) is 0 Å². The quantitative estimate of drug-likeness (QED) is 0.881. The molecule has 0 spiro atoms. The minimum atomic E-state index is -0.574. The minimum Gasteiger partial charge on any atom is -0.388 e. The highest BCUT2D eigenvalue weighted by Crippen LogP contribution is 2.27. The van der Waals surface area contributed by atoms with Crippen molar-refractivity contribution in [2.45, 2.75) is 12.5 Å². The number of benzene rings is 1. The Balaban J connectivity index is 2.91. The molecule has 0 aromatic heterocycles. The maximum absolute atomic E-state index is 9.64. The molecule has 0 saturated carbocycles. The van der Waals surface area contributed by atoms with Gasteiger partial charge in [-0.1, -0.05) is 27.5 Å². The van der Waals surface area contributed by atoms with Crippen LogP contribution in [0, 0.1) is 0 Å². The Morgan fingerprint density at radius 2 is 2.23 bits per heavy atom. The molecule has 13 heavy (non-hydrogen) atoms. The summed E-state index contributed by atoms with van der Waals surface area (Å²) < 4.78 is 0.906. The second kappa shape index (κ2) is 4.96. The van der Waals surface area contributed by atoms with Crippen molar-refractivity contribution in [3.05, 3.63) is 33.3 Å². The summed E-state index contributed by atoms with van der Waals surface area (Å²) in [5.41, 5.74) is 6.06. The van der Waals surface area contributed by atoms with Gasteiger partial charge in [-0.15, -0.1) is 0 Å². The summed E-state index contributed by atoms with van der Waals surface area (Å²) in [6.45, 7) is 0.448. The molecule has 0 saturated heterocycles. The molecule has 72 valence electrons. The first-order chi connectivity index (χ1) is 6.15. The molecule has 0 fully saturated rings. The molecule has 2 nitrogen and oxygen atoms in total. The first kappa shape index (κ1) is 11.0. The predicted molar refractivity (Wildman–Crippen MR) is 57.8 cm³/mol. The van der Waals surface area contributed by atoms with E-state index < -0.39 is 6.10 Å². The molecule has 0 amide bonds. The fraction of sp³-hybridized carbons (Fsp3) is 0.333. The second-order valence-corrected chi connectivity index (χ2v) is 4.08. The first-order valence-corrected chi connectivity index (χ1v) is 5.15. The lowest BCUT2D eigenvalue weighted by molar-refractivity contribution is 0.170. The minimum absolute atomic E-state index is 0.448. The van der Waals surface area contributed by atoms with E-state index >= 15 is 0 Å². The van der Waals surface area contributed by atoms with E-state index in [-0.39, 0.29) is 0 Å². The molecule has 0 heterocycles. The molecule has 0 unspecified atom stereocenters. The topological polar surface area (TPSA) is 46.2 Å². The molecule has 3 N–H and O–H groups in total. The fourth-order valence-corrected chi connectivity index (χ4v) is 1.71. The summed E-state index contributed by atoms with van der Waals surface area (Å²) in [5, 5.41) is 10.2. The van der Waals surface area contributed by atoms with E-state index in [1.807, 2.05) is 12.1 Å². The van der Waals surface area contributed by atoms with Crippen LogP contribution >= 0.6 is 27.5 Å². The Labute approximate surface area is 90.8 Å². The van der Waals surface area contributed by atoms with Crippen LogP contribution in [0.2, 0.25) is 5.02 Å². The molecule has 0 radical (unpaired) electrons. The summed E-state index contributed by atoms with van der Waals surface area (Å²) in [6.07, 6.45) is -0.0501. The molecule has 0 bridgehead atoms. The van der Waals surface area contributed by atoms with E-state index in [4.69, 9.17) is 17.3 Å². The molecule has 1 atom stereocenters. The lowest BCUT2D eigenvalue weighted by Crippen LogP contribution is -2.07.